The molecule has 6 nitrogen and oxygen atoms in total. The van der Waals surface area contributed by atoms with E-state index in [-0.39, 0.29) is 0 Å². The van der Waals surface area contributed by atoms with E-state index in [0.717, 1.165) is 37.4 Å². The minimum Gasteiger partial charge on any atom is -0.383 e. The van der Waals surface area contributed by atoms with Gasteiger partial charge in [-0.3, -0.25) is 4.68 Å². The summed E-state index contributed by atoms with van der Waals surface area (Å²) >= 11 is 12.0. The lowest BCUT2D eigenvalue weighted by atomic mass is 10.1. The number of nitrogens with one attached hydrogen (secondary N) is 1. The van der Waals surface area contributed by atoms with Gasteiger partial charge in [0, 0.05) is 26.3 Å². The molecule has 0 spiro atoms. The van der Waals surface area contributed by atoms with Gasteiger partial charge in [0.25, 0.3) is 0 Å². The molecule has 0 unspecified atom stereocenters. The van der Waals surface area contributed by atoms with Crippen LogP contribution >= 0.6 is 23.2 Å². The van der Waals surface area contributed by atoms with E-state index in [9.17, 15) is 0 Å². The highest BCUT2D eigenvalue weighted by atomic mass is 35.5. The van der Waals surface area contributed by atoms with Crippen molar-refractivity contribution in [3.05, 3.63) is 28.9 Å². The largest absolute Gasteiger partial charge is 0.383 e. The number of nitrogens with zero attached hydrogens (tertiary/aromatic N) is 5. The molecule has 1 aliphatic heterocycles. The Balaban J connectivity index is 1.73. The summed E-state index contributed by atoms with van der Waals surface area (Å²) in [7, 11) is 1.83. The molecule has 3 heterocycles. The number of hydrogen-bond acceptors (Lipinski definition) is 5. The van der Waals surface area contributed by atoms with Crippen molar-refractivity contribution >= 4 is 34.7 Å². The molecule has 2 aromatic heterocycles. The minimum absolute atomic E-state index is 0.379. The zero-order valence-corrected chi connectivity index (χ0v) is 13.1. The van der Waals surface area contributed by atoms with E-state index < -0.39 is 0 Å². The van der Waals surface area contributed by atoms with Crippen molar-refractivity contribution in [1.29, 1.82) is 0 Å². The number of hydrogen-bond donors (Lipinski definition) is 1. The van der Waals surface area contributed by atoms with Crippen molar-refractivity contribution in [1.82, 2.24) is 19.7 Å². The number of anilines is 2. The second-order valence-electron chi connectivity index (χ2n) is 4.97. The highest BCUT2D eigenvalue weighted by molar-refractivity contribution is 6.32. The average molecular weight is 327 g/mol. The van der Waals surface area contributed by atoms with Gasteiger partial charge in [0.05, 0.1) is 17.3 Å². The smallest absolute Gasteiger partial charge is 0.157 e. The lowest BCUT2D eigenvalue weighted by Crippen LogP contribution is -2.35. The molecule has 0 aliphatic carbocycles. The van der Waals surface area contributed by atoms with E-state index >= 15 is 0 Å². The van der Waals surface area contributed by atoms with Gasteiger partial charge in [-0.1, -0.05) is 23.2 Å². The number of halogens is 2. The Morgan fingerprint density at radius 2 is 2.00 bits per heavy atom. The first-order chi connectivity index (χ1) is 10.2. The van der Waals surface area contributed by atoms with E-state index in [0.29, 0.717) is 16.2 Å². The summed E-state index contributed by atoms with van der Waals surface area (Å²) in [5.74, 6) is 0.856. The van der Waals surface area contributed by atoms with Crippen LogP contribution in [-0.4, -0.2) is 39.9 Å². The van der Waals surface area contributed by atoms with Gasteiger partial charge < -0.3 is 10.2 Å². The first-order valence-electron chi connectivity index (χ1n) is 6.82. The molecule has 1 aliphatic rings. The van der Waals surface area contributed by atoms with Crippen LogP contribution in [-0.2, 0) is 0 Å². The molecular weight excluding hydrogens is 311 g/mol. The molecule has 3 rings (SSSR count). The number of piperidine rings is 1. The molecule has 0 radical (unpaired) electrons. The van der Waals surface area contributed by atoms with Crippen LogP contribution in [0.25, 0.3) is 0 Å². The Hall–Kier alpha value is -1.53. The molecule has 0 bridgehead atoms. The topological polar surface area (TPSA) is 58.9 Å². The monoisotopic (exact) mass is 326 g/mol. The maximum absolute atomic E-state index is 6.11. The minimum atomic E-state index is 0.379. The Morgan fingerprint density at radius 3 is 2.62 bits per heavy atom. The van der Waals surface area contributed by atoms with E-state index in [2.05, 4.69) is 25.3 Å². The summed E-state index contributed by atoms with van der Waals surface area (Å²) in [5.41, 5.74) is 0.778. The molecule has 0 saturated carbocycles. The molecule has 1 N–H and O–H groups in total. The third kappa shape index (κ3) is 2.91. The summed E-state index contributed by atoms with van der Waals surface area (Å²) in [4.78, 5) is 10.6. The van der Waals surface area contributed by atoms with Crippen molar-refractivity contribution < 1.29 is 0 Å². The summed E-state index contributed by atoms with van der Waals surface area (Å²) in [6.45, 7) is 1.79. The normalized spacial score (nSPS) is 16.2. The second kappa shape index (κ2) is 6.07. The van der Waals surface area contributed by atoms with Crippen molar-refractivity contribution in [2.75, 3.05) is 30.4 Å². The zero-order valence-electron chi connectivity index (χ0n) is 11.6. The van der Waals surface area contributed by atoms with Crippen LogP contribution in [0.5, 0.6) is 0 Å². The highest BCUT2D eigenvalue weighted by Gasteiger charge is 2.24. The van der Waals surface area contributed by atoms with Gasteiger partial charge in [0.15, 0.2) is 11.0 Å². The fourth-order valence-corrected chi connectivity index (χ4v) is 3.03. The van der Waals surface area contributed by atoms with Gasteiger partial charge in [-0.25, -0.2) is 9.97 Å². The Labute approximate surface area is 133 Å². The molecule has 0 amide bonds. The van der Waals surface area contributed by atoms with Crippen molar-refractivity contribution in [3.63, 3.8) is 0 Å². The van der Waals surface area contributed by atoms with Gasteiger partial charge in [-0.2, -0.15) is 5.10 Å². The van der Waals surface area contributed by atoms with E-state index in [4.69, 9.17) is 23.2 Å². The molecule has 8 heteroatoms. The van der Waals surface area contributed by atoms with Crippen LogP contribution in [0.1, 0.15) is 18.9 Å². The van der Waals surface area contributed by atoms with Crippen molar-refractivity contribution in [3.8, 4) is 0 Å². The van der Waals surface area contributed by atoms with Gasteiger partial charge in [0.2, 0.25) is 0 Å². The van der Waals surface area contributed by atoms with E-state index in [1.807, 2.05) is 17.9 Å². The first kappa shape index (κ1) is 14.4. The van der Waals surface area contributed by atoms with Gasteiger partial charge in [-0.15, -0.1) is 0 Å². The Kier molecular flexibility index (Phi) is 4.17. The lowest BCUT2D eigenvalue weighted by molar-refractivity contribution is 0.366. The summed E-state index contributed by atoms with van der Waals surface area (Å²) in [5, 5.41) is 8.49. The Bertz CT molecular complexity index is 621. The predicted molar refractivity (Wildman–Crippen MR) is 84.3 cm³/mol. The molecule has 0 atom stereocenters. The van der Waals surface area contributed by atoms with Crippen molar-refractivity contribution in [2.45, 2.75) is 18.9 Å². The van der Waals surface area contributed by atoms with Crippen LogP contribution in [0.3, 0.4) is 0 Å². The molecule has 112 valence electrons. The molecule has 0 aromatic carbocycles. The molecule has 1 saturated heterocycles. The van der Waals surface area contributed by atoms with Gasteiger partial charge in [-0.05, 0) is 12.8 Å². The van der Waals surface area contributed by atoms with E-state index in [1.165, 1.54) is 6.33 Å². The fraction of sp³-hybridized carbons (Fsp3) is 0.462. The highest BCUT2D eigenvalue weighted by Crippen LogP contribution is 2.32. The predicted octanol–water partition coefficient (Wildman–Crippen LogP) is 2.86. The van der Waals surface area contributed by atoms with Crippen molar-refractivity contribution in [2.24, 2.45) is 0 Å². The molecule has 21 heavy (non-hydrogen) atoms. The third-order valence-electron chi connectivity index (χ3n) is 3.74. The van der Waals surface area contributed by atoms with Gasteiger partial charge in [0.1, 0.15) is 12.0 Å². The maximum Gasteiger partial charge on any atom is 0.157 e. The van der Waals surface area contributed by atoms with Crippen LogP contribution < -0.4 is 10.2 Å². The summed E-state index contributed by atoms with van der Waals surface area (Å²) in [6, 6.07) is 0.379. The van der Waals surface area contributed by atoms with Crippen LogP contribution in [0.4, 0.5) is 11.5 Å². The molecule has 2 aromatic rings. The van der Waals surface area contributed by atoms with Crippen LogP contribution in [0.2, 0.25) is 10.2 Å². The summed E-state index contributed by atoms with van der Waals surface area (Å²) < 4.78 is 1.95. The van der Waals surface area contributed by atoms with Crippen LogP contribution in [0.15, 0.2) is 18.7 Å². The lowest BCUT2D eigenvalue weighted by Gasteiger charge is -2.33. The second-order valence-corrected chi connectivity index (χ2v) is 5.76. The number of aromatic nitrogens is 4. The number of rotatable bonds is 3. The summed E-state index contributed by atoms with van der Waals surface area (Å²) in [6.07, 6.45) is 7.03. The quantitative estimate of drug-likeness (QED) is 0.879. The SMILES string of the molecule is CNc1c(Cl)ncnc1N1CCC(n2cc(Cl)cn2)CC1. The maximum atomic E-state index is 6.11. The van der Waals surface area contributed by atoms with E-state index in [1.54, 1.807) is 6.20 Å². The Morgan fingerprint density at radius 1 is 1.24 bits per heavy atom. The third-order valence-corrected chi connectivity index (χ3v) is 4.22. The molecule has 1 fully saturated rings. The van der Waals surface area contributed by atoms with Gasteiger partial charge >= 0.3 is 0 Å². The average Bonchev–Trinajstić information content (AvgIpc) is 2.94. The molecular formula is C13H16Cl2N6. The fourth-order valence-electron chi connectivity index (χ4n) is 2.67. The first-order valence-corrected chi connectivity index (χ1v) is 7.57. The standard InChI is InChI=1S/C13H16Cl2N6/c1-16-11-12(15)17-8-18-13(11)20-4-2-10(3-5-20)21-7-9(14)6-19-21/h6-8,10,16H,2-5H2,1H3. The zero-order chi connectivity index (χ0) is 14.8. The van der Waals surface area contributed by atoms with Crippen LogP contribution in [0, 0.1) is 0 Å².